The molecule has 2 nitrogen and oxygen atoms in total. The number of nitrogens with zero attached hydrogens (tertiary/aromatic N) is 1. The molecule has 0 bridgehead atoms. The minimum absolute atomic E-state index is 0.517. The lowest BCUT2D eigenvalue weighted by Gasteiger charge is -2.25. The van der Waals surface area contributed by atoms with Gasteiger partial charge in [0.05, 0.1) is 12.7 Å². The quantitative estimate of drug-likeness (QED) is 0.733. The normalized spacial score (nSPS) is 16.7. The van der Waals surface area contributed by atoms with Crippen LogP contribution < -0.4 is 0 Å². The summed E-state index contributed by atoms with van der Waals surface area (Å²) in [4.78, 5) is 4.34. The molecule has 1 aliphatic rings. The zero-order valence-electron chi connectivity index (χ0n) is 8.92. The van der Waals surface area contributed by atoms with Crippen LogP contribution in [0.15, 0.2) is 12.1 Å². The molecule has 0 radical (unpaired) electrons. The second-order valence-corrected chi connectivity index (χ2v) is 4.12. The van der Waals surface area contributed by atoms with Gasteiger partial charge in [0.1, 0.15) is 0 Å². The lowest BCUT2D eigenvalue weighted by atomic mass is 9.96. The Morgan fingerprint density at radius 2 is 1.93 bits per heavy atom. The third-order valence-electron chi connectivity index (χ3n) is 2.68. The summed E-state index contributed by atoms with van der Waals surface area (Å²) in [6, 6.07) is 4.21. The maximum atomic E-state index is 5.75. The average Bonchev–Trinajstić information content (AvgIpc) is 1.99. The fourth-order valence-corrected chi connectivity index (χ4v) is 1.76. The molecule has 1 aliphatic carbocycles. The molecule has 1 aromatic rings. The molecule has 1 saturated carbocycles. The van der Waals surface area contributed by atoms with Crippen LogP contribution in [-0.4, -0.2) is 11.1 Å². The summed E-state index contributed by atoms with van der Waals surface area (Å²) < 4.78 is 5.75. The van der Waals surface area contributed by atoms with E-state index in [0.29, 0.717) is 6.10 Å². The van der Waals surface area contributed by atoms with E-state index >= 15 is 0 Å². The molecule has 0 saturated heterocycles. The Morgan fingerprint density at radius 3 is 2.43 bits per heavy atom. The van der Waals surface area contributed by atoms with Crippen LogP contribution in [0.3, 0.4) is 0 Å². The fraction of sp³-hybridized carbons (Fsp3) is 0.583. The molecule has 2 heteroatoms. The molecule has 0 amide bonds. The number of ether oxygens (including phenoxy) is 1. The first kappa shape index (κ1) is 9.66. The van der Waals surface area contributed by atoms with Crippen molar-refractivity contribution in [2.75, 3.05) is 0 Å². The predicted molar refractivity (Wildman–Crippen MR) is 56.1 cm³/mol. The highest BCUT2D eigenvalue weighted by Crippen LogP contribution is 2.23. The van der Waals surface area contributed by atoms with Crippen molar-refractivity contribution in [2.24, 2.45) is 0 Å². The van der Waals surface area contributed by atoms with Crippen molar-refractivity contribution in [3.8, 4) is 0 Å². The molecule has 0 unspecified atom stereocenters. The van der Waals surface area contributed by atoms with E-state index in [4.69, 9.17) is 4.74 Å². The van der Waals surface area contributed by atoms with Crippen molar-refractivity contribution in [1.82, 2.24) is 4.98 Å². The van der Waals surface area contributed by atoms with E-state index in [1.165, 1.54) is 24.8 Å². The summed E-state index contributed by atoms with van der Waals surface area (Å²) >= 11 is 0. The SMILES string of the molecule is Cc1cc(COC2CCC2)cc(C)n1. The molecule has 2 rings (SSSR count). The fourth-order valence-electron chi connectivity index (χ4n) is 1.76. The molecule has 0 aliphatic heterocycles. The van der Waals surface area contributed by atoms with E-state index in [9.17, 15) is 0 Å². The van der Waals surface area contributed by atoms with E-state index in [1.807, 2.05) is 13.8 Å². The summed E-state index contributed by atoms with van der Waals surface area (Å²) in [6.45, 7) is 4.80. The van der Waals surface area contributed by atoms with Crippen molar-refractivity contribution in [2.45, 2.75) is 45.8 Å². The number of aromatic nitrogens is 1. The molecule has 1 aromatic heterocycles. The first-order chi connectivity index (χ1) is 6.74. The van der Waals surface area contributed by atoms with Crippen molar-refractivity contribution in [3.05, 3.63) is 29.1 Å². The van der Waals surface area contributed by atoms with Crippen LogP contribution in [0.5, 0.6) is 0 Å². The topological polar surface area (TPSA) is 22.1 Å². The van der Waals surface area contributed by atoms with Gasteiger partial charge in [-0.3, -0.25) is 4.98 Å². The zero-order valence-corrected chi connectivity index (χ0v) is 8.92. The van der Waals surface area contributed by atoms with Gasteiger partial charge in [-0.1, -0.05) is 0 Å². The summed E-state index contributed by atoms with van der Waals surface area (Å²) in [6.07, 6.45) is 4.33. The van der Waals surface area contributed by atoms with Crippen LogP contribution in [0.1, 0.15) is 36.2 Å². The van der Waals surface area contributed by atoms with Gasteiger partial charge in [-0.05, 0) is 50.8 Å². The predicted octanol–water partition coefficient (Wildman–Crippen LogP) is 2.77. The van der Waals surface area contributed by atoms with E-state index < -0.39 is 0 Å². The first-order valence-electron chi connectivity index (χ1n) is 5.30. The summed E-state index contributed by atoms with van der Waals surface area (Å²) in [5, 5.41) is 0. The number of hydrogen-bond donors (Lipinski definition) is 0. The third-order valence-corrected chi connectivity index (χ3v) is 2.68. The molecular weight excluding hydrogens is 174 g/mol. The lowest BCUT2D eigenvalue weighted by Crippen LogP contribution is -2.21. The Balaban J connectivity index is 1.94. The maximum absolute atomic E-state index is 5.75. The highest BCUT2D eigenvalue weighted by molar-refractivity contribution is 5.19. The van der Waals surface area contributed by atoms with Crippen molar-refractivity contribution < 1.29 is 4.74 Å². The molecule has 1 fully saturated rings. The zero-order chi connectivity index (χ0) is 9.97. The second kappa shape index (κ2) is 4.09. The summed E-state index contributed by atoms with van der Waals surface area (Å²) in [5.41, 5.74) is 3.41. The van der Waals surface area contributed by atoms with Gasteiger partial charge in [0.2, 0.25) is 0 Å². The maximum Gasteiger partial charge on any atom is 0.0721 e. The van der Waals surface area contributed by atoms with Gasteiger partial charge < -0.3 is 4.74 Å². The van der Waals surface area contributed by atoms with Gasteiger partial charge >= 0.3 is 0 Å². The highest BCUT2D eigenvalue weighted by Gasteiger charge is 2.17. The molecule has 0 spiro atoms. The van der Waals surface area contributed by atoms with Gasteiger partial charge in [-0.2, -0.15) is 0 Å². The van der Waals surface area contributed by atoms with Gasteiger partial charge in [0.25, 0.3) is 0 Å². The van der Waals surface area contributed by atoms with Crippen molar-refractivity contribution >= 4 is 0 Å². The number of aryl methyl sites for hydroxylation is 2. The van der Waals surface area contributed by atoms with Gasteiger partial charge in [-0.15, -0.1) is 0 Å². The Bertz CT molecular complexity index is 298. The molecule has 0 N–H and O–H groups in total. The molecular formula is C12H17NO. The lowest BCUT2D eigenvalue weighted by molar-refractivity contribution is -0.00872. The van der Waals surface area contributed by atoms with Gasteiger partial charge in [0, 0.05) is 11.4 Å². The van der Waals surface area contributed by atoms with Crippen LogP contribution in [0.4, 0.5) is 0 Å². The Hall–Kier alpha value is -0.890. The summed E-state index contributed by atoms with van der Waals surface area (Å²) in [5.74, 6) is 0. The third kappa shape index (κ3) is 2.32. The molecule has 0 aromatic carbocycles. The molecule has 14 heavy (non-hydrogen) atoms. The van der Waals surface area contributed by atoms with E-state index in [-0.39, 0.29) is 0 Å². The monoisotopic (exact) mass is 191 g/mol. The van der Waals surface area contributed by atoms with Crippen LogP contribution in [0.25, 0.3) is 0 Å². The standard InChI is InChI=1S/C12H17NO/c1-9-6-11(7-10(2)13-9)8-14-12-4-3-5-12/h6-7,12H,3-5,8H2,1-2H3. The number of rotatable bonds is 3. The highest BCUT2D eigenvalue weighted by atomic mass is 16.5. The van der Waals surface area contributed by atoms with E-state index in [1.54, 1.807) is 0 Å². The van der Waals surface area contributed by atoms with Crippen molar-refractivity contribution in [1.29, 1.82) is 0 Å². The smallest absolute Gasteiger partial charge is 0.0721 e. The van der Waals surface area contributed by atoms with Crippen molar-refractivity contribution in [3.63, 3.8) is 0 Å². The summed E-state index contributed by atoms with van der Waals surface area (Å²) in [7, 11) is 0. The minimum atomic E-state index is 0.517. The van der Waals surface area contributed by atoms with E-state index in [0.717, 1.165) is 18.0 Å². The largest absolute Gasteiger partial charge is 0.374 e. The van der Waals surface area contributed by atoms with Gasteiger partial charge in [-0.25, -0.2) is 0 Å². The minimum Gasteiger partial charge on any atom is -0.374 e. The van der Waals surface area contributed by atoms with Crippen LogP contribution in [-0.2, 0) is 11.3 Å². The van der Waals surface area contributed by atoms with Gasteiger partial charge in [0.15, 0.2) is 0 Å². The Labute approximate surface area is 85.3 Å². The Kier molecular flexibility index (Phi) is 2.82. The molecule has 0 atom stereocenters. The second-order valence-electron chi connectivity index (χ2n) is 4.12. The number of hydrogen-bond acceptors (Lipinski definition) is 2. The molecule has 76 valence electrons. The van der Waals surface area contributed by atoms with Crippen LogP contribution >= 0.6 is 0 Å². The number of pyridine rings is 1. The Morgan fingerprint density at radius 1 is 1.29 bits per heavy atom. The molecule has 1 heterocycles. The van der Waals surface area contributed by atoms with Crippen LogP contribution in [0.2, 0.25) is 0 Å². The first-order valence-corrected chi connectivity index (χ1v) is 5.30. The average molecular weight is 191 g/mol. The van der Waals surface area contributed by atoms with Crippen LogP contribution in [0, 0.1) is 13.8 Å². The van der Waals surface area contributed by atoms with E-state index in [2.05, 4.69) is 17.1 Å².